The third kappa shape index (κ3) is 10.9. The van der Waals surface area contributed by atoms with Gasteiger partial charge in [-0.25, -0.2) is 4.79 Å². The molecule has 0 atom stereocenters. The van der Waals surface area contributed by atoms with Crippen LogP contribution in [-0.2, 0) is 4.74 Å². The van der Waals surface area contributed by atoms with Crippen molar-refractivity contribution in [2.24, 2.45) is 0 Å². The van der Waals surface area contributed by atoms with Crippen LogP contribution in [0.1, 0.15) is 94.3 Å². The normalized spacial score (nSPS) is 10.7. The molecule has 1 rings (SSSR count). The maximum Gasteiger partial charge on any atom is 0.339 e. The standard InChI is InChI=1S/C20H33NO2/c1-2-3-4-5-6-7-8-9-10-11-12-13-17-23-20(22)19-15-14-16-21-18-19/h14-16,18H,2-13,17H2,1H3. The Balaban J connectivity index is 1.82. The summed E-state index contributed by atoms with van der Waals surface area (Å²) in [5.41, 5.74) is 0.534. The van der Waals surface area contributed by atoms with Gasteiger partial charge in [-0.3, -0.25) is 4.98 Å². The summed E-state index contributed by atoms with van der Waals surface area (Å²) in [6.07, 6.45) is 19.0. The lowest BCUT2D eigenvalue weighted by atomic mass is 10.1. The molecule has 0 amide bonds. The van der Waals surface area contributed by atoms with Crippen LogP contribution < -0.4 is 0 Å². The van der Waals surface area contributed by atoms with Crippen LogP contribution in [0.25, 0.3) is 0 Å². The summed E-state index contributed by atoms with van der Waals surface area (Å²) >= 11 is 0. The first-order valence-electron chi connectivity index (χ1n) is 9.41. The minimum Gasteiger partial charge on any atom is -0.462 e. The molecule has 3 nitrogen and oxygen atoms in total. The molecule has 0 saturated carbocycles. The average Bonchev–Trinajstić information content (AvgIpc) is 2.59. The Morgan fingerprint density at radius 2 is 1.48 bits per heavy atom. The lowest BCUT2D eigenvalue weighted by Crippen LogP contribution is -2.06. The van der Waals surface area contributed by atoms with Crippen LogP contribution in [0.4, 0.5) is 0 Å². The number of unbranched alkanes of at least 4 members (excludes halogenated alkanes) is 11. The van der Waals surface area contributed by atoms with Gasteiger partial charge in [0, 0.05) is 12.4 Å². The number of hydrogen-bond acceptors (Lipinski definition) is 3. The molecule has 0 aromatic carbocycles. The van der Waals surface area contributed by atoms with Gasteiger partial charge >= 0.3 is 5.97 Å². The van der Waals surface area contributed by atoms with E-state index in [1.807, 2.05) is 0 Å². The molecule has 23 heavy (non-hydrogen) atoms. The van der Waals surface area contributed by atoms with E-state index in [1.54, 1.807) is 24.5 Å². The topological polar surface area (TPSA) is 39.2 Å². The summed E-state index contributed by atoms with van der Waals surface area (Å²) in [4.78, 5) is 15.6. The zero-order valence-corrected chi connectivity index (χ0v) is 14.8. The van der Waals surface area contributed by atoms with Gasteiger partial charge in [0.25, 0.3) is 0 Å². The SMILES string of the molecule is CCCCCCCCCCCCCCOC(=O)c1cccnc1. The number of esters is 1. The summed E-state index contributed by atoms with van der Waals surface area (Å²) in [7, 11) is 0. The molecule has 130 valence electrons. The number of pyridine rings is 1. The maximum atomic E-state index is 11.7. The van der Waals surface area contributed by atoms with Crippen LogP contribution in [0.3, 0.4) is 0 Å². The van der Waals surface area contributed by atoms with Crippen LogP contribution in [0.5, 0.6) is 0 Å². The molecule has 0 radical (unpaired) electrons. The molecular formula is C20H33NO2. The Morgan fingerprint density at radius 1 is 0.913 bits per heavy atom. The van der Waals surface area contributed by atoms with E-state index in [1.165, 1.54) is 64.2 Å². The Hall–Kier alpha value is -1.38. The van der Waals surface area contributed by atoms with E-state index in [9.17, 15) is 4.79 Å². The fraction of sp³-hybridized carbons (Fsp3) is 0.700. The largest absolute Gasteiger partial charge is 0.462 e. The van der Waals surface area contributed by atoms with Crippen molar-refractivity contribution in [2.75, 3.05) is 6.61 Å². The van der Waals surface area contributed by atoms with Gasteiger partial charge in [0.1, 0.15) is 0 Å². The van der Waals surface area contributed by atoms with Crippen molar-refractivity contribution in [1.82, 2.24) is 4.98 Å². The number of hydrogen-bond donors (Lipinski definition) is 0. The lowest BCUT2D eigenvalue weighted by molar-refractivity contribution is 0.0497. The minimum atomic E-state index is -0.263. The maximum absolute atomic E-state index is 11.7. The van der Waals surface area contributed by atoms with Gasteiger partial charge < -0.3 is 4.74 Å². The van der Waals surface area contributed by atoms with E-state index in [2.05, 4.69) is 11.9 Å². The molecular weight excluding hydrogens is 286 g/mol. The third-order valence-electron chi connectivity index (χ3n) is 4.13. The first kappa shape index (κ1) is 19.7. The van der Waals surface area contributed by atoms with Crippen LogP contribution in [-0.4, -0.2) is 17.6 Å². The van der Waals surface area contributed by atoms with E-state index in [0.717, 1.165) is 12.8 Å². The van der Waals surface area contributed by atoms with Crippen molar-refractivity contribution in [3.05, 3.63) is 30.1 Å². The molecule has 0 aliphatic heterocycles. The van der Waals surface area contributed by atoms with Crippen molar-refractivity contribution >= 4 is 5.97 Å². The van der Waals surface area contributed by atoms with Crippen LogP contribution in [0, 0.1) is 0 Å². The molecule has 0 fully saturated rings. The van der Waals surface area contributed by atoms with Gasteiger partial charge in [-0.05, 0) is 18.6 Å². The van der Waals surface area contributed by atoms with Crippen LogP contribution in [0.2, 0.25) is 0 Å². The average molecular weight is 319 g/mol. The molecule has 1 aromatic heterocycles. The second-order valence-corrected chi connectivity index (χ2v) is 6.27. The molecule has 1 aromatic rings. The van der Waals surface area contributed by atoms with Gasteiger partial charge in [-0.2, -0.15) is 0 Å². The number of carbonyl (C=O) groups excluding carboxylic acids is 1. The molecule has 0 spiro atoms. The van der Waals surface area contributed by atoms with E-state index in [0.29, 0.717) is 12.2 Å². The molecule has 0 unspecified atom stereocenters. The van der Waals surface area contributed by atoms with Crippen molar-refractivity contribution in [3.63, 3.8) is 0 Å². The third-order valence-corrected chi connectivity index (χ3v) is 4.13. The second-order valence-electron chi connectivity index (χ2n) is 6.27. The highest BCUT2D eigenvalue weighted by Gasteiger charge is 2.05. The molecule has 0 aliphatic rings. The Bertz CT molecular complexity index is 392. The zero-order chi connectivity index (χ0) is 16.6. The van der Waals surface area contributed by atoms with Crippen molar-refractivity contribution in [1.29, 1.82) is 0 Å². The van der Waals surface area contributed by atoms with Crippen LogP contribution in [0.15, 0.2) is 24.5 Å². The van der Waals surface area contributed by atoms with Gasteiger partial charge in [0.2, 0.25) is 0 Å². The predicted molar refractivity (Wildman–Crippen MR) is 95.6 cm³/mol. The first-order valence-corrected chi connectivity index (χ1v) is 9.41. The Kier molecular flexibility index (Phi) is 12.2. The number of carbonyl (C=O) groups is 1. The quantitative estimate of drug-likeness (QED) is 0.315. The second kappa shape index (κ2) is 14.2. The van der Waals surface area contributed by atoms with Crippen molar-refractivity contribution in [3.8, 4) is 0 Å². The summed E-state index contributed by atoms with van der Waals surface area (Å²) in [5.74, 6) is -0.263. The molecule has 0 N–H and O–H groups in total. The van der Waals surface area contributed by atoms with Crippen LogP contribution >= 0.6 is 0 Å². The highest BCUT2D eigenvalue weighted by Crippen LogP contribution is 2.12. The monoisotopic (exact) mass is 319 g/mol. The van der Waals surface area contributed by atoms with E-state index in [4.69, 9.17) is 4.74 Å². The zero-order valence-electron chi connectivity index (χ0n) is 14.8. The lowest BCUT2D eigenvalue weighted by Gasteiger charge is -2.05. The van der Waals surface area contributed by atoms with Gasteiger partial charge in [-0.15, -0.1) is 0 Å². The number of nitrogens with zero attached hydrogens (tertiary/aromatic N) is 1. The molecule has 0 aliphatic carbocycles. The highest BCUT2D eigenvalue weighted by molar-refractivity contribution is 5.88. The fourth-order valence-electron chi connectivity index (χ4n) is 2.67. The summed E-state index contributed by atoms with van der Waals surface area (Å²) < 4.78 is 5.24. The van der Waals surface area contributed by atoms with Crippen molar-refractivity contribution in [2.45, 2.75) is 84.0 Å². The molecule has 3 heteroatoms. The summed E-state index contributed by atoms with van der Waals surface area (Å²) in [6, 6.07) is 3.48. The minimum absolute atomic E-state index is 0.263. The highest BCUT2D eigenvalue weighted by atomic mass is 16.5. The first-order chi connectivity index (χ1) is 11.3. The van der Waals surface area contributed by atoms with E-state index < -0.39 is 0 Å². The molecule has 0 saturated heterocycles. The fourth-order valence-corrected chi connectivity index (χ4v) is 2.67. The van der Waals surface area contributed by atoms with Gasteiger partial charge in [0.15, 0.2) is 0 Å². The van der Waals surface area contributed by atoms with E-state index >= 15 is 0 Å². The Morgan fingerprint density at radius 3 is 2.00 bits per heavy atom. The number of ether oxygens (including phenoxy) is 1. The number of rotatable bonds is 14. The summed E-state index contributed by atoms with van der Waals surface area (Å²) in [5, 5.41) is 0. The molecule has 0 bridgehead atoms. The predicted octanol–water partition coefficient (Wildman–Crippen LogP) is 5.94. The summed E-state index contributed by atoms with van der Waals surface area (Å²) in [6.45, 7) is 2.78. The van der Waals surface area contributed by atoms with Crippen molar-refractivity contribution < 1.29 is 9.53 Å². The van der Waals surface area contributed by atoms with Gasteiger partial charge in [-0.1, -0.05) is 77.6 Å². The molecule has 1 heterocycles. The van der Waals surface area contributed by atoms with E-state index in [-0.39, 0.29) is 5.97 Å². The number of aromatic nitrogens is 1. The Labute approximate surface area is 141 Å². The van der Waals surface area contributed by atoms with Gasteiger partial charge in [0.05, 0.1) is 12.2 Å². The smallest absolute Gasteiger partial charge is 0.339 e.